The van der Waals surface area contributed by atoms with E-state index in [2.05, 4.69) is 48.3 Å². The minimum Gasteiger partial charge on any atom is -0.396 e. The van der Waals surface area contributed by atoms with E-state index in [0.717, 1.165) is 12.1 Å². The van der Waals surface area contributed by atoms with Gasteiger partial charge in [0.25, 0.3) is 0 Å². The minimum absolute atomic E-state index is 0.238. The van der Waals surface area contributed by atoms with Crippen molar-refractivity contribution in [1.29, 1.82) is 0 Å². The average Bonchev–Trinajstić information content (AvgIpc) is 3.17. The number of nitrogens with zero attached hydrogens (tertiary/aromatic N) is 1. The molecule has 1 aromatic rings. The van der Waals surface area contributed by atoms with Gasteiger partial charge >= 0.3 is 0 Å². The minimum atomic E-state index is -0.917. The molecule has 5 heteroatoms. The highest BCUT2D eigenvalue weighted by molar-refractivity contribution is 5.22. The summed E-state index contributed by atoms with van der Waals surface area (Å²) in [6.45, 7) is 8.02. The van der Waals surface area contributed by atoms with Crippen LogP contribution < -0.4 is 5.32 Å². The van der Waals surface area contributed by atoms with Crippen LogP contribution in [0.25, 0.3) is 0 Å². The molecule has 0 amide bonds. The van der Waals surface area contributed by atoms with Gasteiger partial charge in [0, 0.05) is 19.0 Å². The lowest BCUT2D eigenvalue weighted by atomic mass is 10.0. The number of hydrogen-bond donors (Lipinski definition) is 4. The van der Waals surface area contributed by atoms with Gasteiger partial charge in [-0.1, -0.05) is 231 Å². The molecular weight excluding hydrogens is 653 g/mol. The number of hydrogen-bond acceptors (Lipinski definition) is 5. The molecule has 0 radical (unpaired) electrons. The quantitative estimate of drug-likeness (QED) is 0.0396. The average molecular weight is 745 g/mol. The summed E-state index contributed by atoms with van der Waals surface area (Å²) in [5, 5.41) is 31.9. The van der Waals surface area contributed by atoms with Gasteiger partial charge in [0.1, 0.15) is 6.23 Å². The highest BCUT2D eigenvalue weighted by Gasteiger charge is 2.16. The number of unbranched alkanes of at least 4 members (excludes halogenated alkanes) is 30. The molecule has 0 aliphatic carbocycles. The predicted molar refractivity (Wildman–Crippen MR) is 231 cm³/mol. The highest BCUT2D eigenvalue weighted by Crippen LogP contribution is 2.17. The van der Waals surface area contributed by atoms with E-state index in [4.69, 9.17) is 0 Å². The van der Waals surface area contributed by atoms with Gasteiger partial charge in [-0.3, -0.25) is 10.2 Å². The summed E-state index contributed by atoms with van der Waals surface area (Å²) in [5.74, 6) is -0.558. The van der Waals surface area contributed by atoms with E-state index >= 15 is 0 Å². The summed E-state index contributed by atoms with van der Waals surface area (Å²) in [7, 11) is 0. The van der Waals surface area contributed by atoms with E-state index in [0.29, 0.717) is 6.54 Å². The summed E-state index contributed by atoms with van der Waals surface area (Å²) in [6, 6.07) is 8.74. The number of rotatable bonds is 42. The van der Waals surface area contributed by atoms with Crippen LogP contribution in [0.4, 0.5) is 0 Å². The smallest absolute Gasteiger partial charge is 0.112 e. The molecule has 0 spiro atoms. The Morgan fingerprint density at radius 3 is 1.02 bits per heavy atom. The maximum atomic E-state index is 10.2. The lowest BCUT2D eigenvalue weighted by Crippen LogP contribution is -2.39. The lowest BCUT2D eigenvalue weighted by Gasteiger charge is -2.23. The first kappa shape index (κ1) is 50.0. The van der Waals surface area contributed by atoms with Crippen LogP contribution in [0, 0.1) is 5.92 Å². The van der Waals surface area contributed by atoms with Crippen LogP contribution in [0.1, 0.15) is 230 Å². The summed E-state index contributed by atoms with van der Waals surface area (Å²) < 4.78 is 0. The summed E-state index contributed by atoms with van der Waals surface area (Å²) in [6.07, 6.45) is 44.3. The Kier molecular flexibility index (Phi) is 37.1. The molecule has 1 rings (SSSR count). The zero-order valence-corrected chi connectivity index (χ0v) is 35.6. The number of aliphatic hydroxyl groups excluding tert-OH is 3. The third-order valence-electron chi connectivity index (χ3n) is 11.5. The molecule has 1 atom stereocenters. The second-order valence-corrected chi connectivity index (χ2v) is 16.7. The zero-order chi connectivity index (χ0) is 38.3. The van der Waals surface area contributed by atoms with Crippen LogP contribution >= 0.6 is 0 Å². The van der Waals surface area contributed by atoms with Crippen LogP contribution in [-0.2, 0) is 13.1 Å². The largest absolute Gasteiger partial charge is 0.396 e. The Hall–Kier alpha value is -0.980. The fraction of sp³-hybridized carbons (Fsp3) is 0.875. The molecule has 0 fully saturated rings. The fourth-order valence-corrected chi connectivity index (χ4v) is 7.70. The molecule has 0 saturated carbocycles. The van der Waals surface area contributed by atoms with Crippen LogP contribution in [0.2, 0.25) is 0 Å². The van der Waals surface area contributed by atoms with E-state index in [1.54, 1.807) is 0 Å². The molecule has 53 heavy (non-hydrogen) atoms. The van der Waals surface area contributed by atoms with Crippen molar-refractivity contribution in [3.8, 4) is 0 Å². The maximum absolute atomic E-state index is 10.2. The van der Waals surface area contributed by atoms with E-state index in [9.17, 15) is 15.3 Å². The number of benzene rings is 1. The van der Waals surface area contributed by atoms with Crippen molar-refractivity contribution in [1.82, 2.24) is 10.2 Å². The summed E-state index contributed by atoms with van der Waals surface area (Å²) in [4.78, 5) is 2.69. The van der Waals surface area contributed by atoms with Gasteiger partial charge in [-0.25, -0.2) is 0 Å². The molecule has 0 aliphatic heterocycles. The van der Waals surface area contributed by atoms with Crippen molar-refractivity contribution in [3.05, 3.63) is 35.4 Å². The maximum Gasteiger partial charge on any atom is 0.112 e. The normalized spacial score (nSPS) is 12.4. The van der Waals surface area contributed by atoms with Gasteiger partial charge < -0.3 is 15.3 Å². The molecule has 0 aromatic heterocycles. The fourth-order valence-electron chi connectivity index (χ4n) is 7.70. The third-order valence-corrected chi connectivity index (χ3v) is 11.5. The molecular formula is C48H92N2O3. The van der Waals surface area contributed by atoms with E-state index in [1.165, 1.54) is 224 Å². The zero-order valence-electron chi connectivity index (χ0n) is 35.6. The predicted octanol–water partition coefficient (Wildman–Crippen LogP) is 13.0. The molecule has 4 N–H and O–H groups in total. The summed E-state index contributed by atoms with van der Waals surface area (Å²) >= 11 is 0. The topological polar surface area (TPSA) is 76.0 Å². The van der Waals surface area contributed by atoms with E-state index in [1.807, 2.05) is 0 Å². The van der Waals surface area contributed by atoms with Crippen molar-refractivity contribution >= 4 is 0 Å². The molecule has 312 valence electrons. The SMILES string of the molecule is CCCCCCCCCCCCCCCCCCN(CCCCCCCCCCCCCCCCCC)Cc1ccc(CNC(O)C(CO)CO)cc1. The first-order valence-corrected chi connectivity index (χ1v) is 23.6. The van der Waals surface area contributed by atoms with Crippen LogP contribution in [0.3, 0.4) is 0 Å². The van der Waals surface area contributed by atoms with Gasteiger partial charge in [-0.15, -0.1) is 0 Å². The monoisotopic (exact) mass is 745 g/mol. The molecule has 0 bridgehead atoms. The molecule has 0 saturated heterocycles. The standard InChI is InChI=1S/C48H92N2O3/c1-3-5-7-9-11-13-15-17-19-21-23-25-27-29-31-33-39-50(42-46-37-35-45(36-38-46)41-49-48(53)47(43-51)44-52)40-34-32-30-28-26-24-22-20-18-16-14-12-10-8-6-4-2/h35-38,47-49,51-53H,3-34,39-44H2,1-2H3. The van der Waals surface area contributed by atoms with E-state index < -0.39 is 12.1 Å². The Labute approximate surface area is 330 Å². The Balaban J connectivity index is 2.28. The number of nitrogens with one attached hydrogen (secondary N) is 1. The highest BCUT2D eigenvalue weighted by atomic mass is 16.3. The van der Waals surface area contributed by atoms with Crippen LogP contribution in [-0.4, -0.2) is 52.8 Å². The van der Waals surface area contributed by atoms with Crippen LogP contribution in [0.5, 0.6) is 0 Å². The van der Waals surface area contributed by atoms with Crippen molar-refractivity contribution < 1.29 is 15.3 Å². The third kappa shape index (κ3) is 31.9. The lowest BCUT2D eigenvalue weighted by molar-refractivity contribution is 0.0106. The first-order valence-electron chi connectivity index (χ1n) is 23.6. The van der Waals surface area contributed by atoms with Gasteiger partial charge in [0.05, 0.1) is 13.2 Å². The first-order chi connectivity index (χ1) is 26.1. The van der Waals surface area contributed by atoms with Crippen LogP contribution in [0.15, 0.2) is 24.3 Å². The molecule has 1 unspecified atom stereocenters. The Morgan fingerprint density at radius 2 is 0.717 bits per heavy atom. The molecule has 5 nitrogen and oxygen atoms in total. The van der Waals surface area contributed by atoms with E-state index in [-0.39, 0.29) is 13.2 Å². The number of aliphatic hydroxyl groups is 3. The Morgan fingerprint density at radius 1 is 0.434 bits per heavy atom. The second kappa shape index (κ2) is 39.3. The molecule has 1 aromatic carbocycles. The van der Waals surface area contributed by atoms with Gasteiger partial charge in [-0.2, -0.15) is 0 Å². The second-order valence-electron chi connectivity index (χ2n) is 16.7. The van der Waals surface area contributed by atoms with Crippen molar-refractivity contribution in [2.24, 2.45) is 5.92 Å². The van der Waals surface area contributed by atoms with Gasteiger partial charge in [-0.05, 0) is 37.1 Å². The van der Waals surface area contributed by atoms with Gasteiger partial charge in [0.2, 0.25) is 0 Å². The van der Waals surface area contributed by atoms with Crippen molar-refractivity contribution in [3.63, 3.8) is 0 Å². The summed E-state index contributed by atoms with van der Waals surface area (Å²) in [5.41, 5.74) is 2.45. The molecule has 0 heterocycles. The van der Waals surface area contributed by atoms with Crippen molar-refractivity contribution in [2.45, 2.75) is 239 Å². The van der Waals surface area contributed by atoms with Crippen molar-refractivity contribution in [2.75, 3.05) is 26.3 Å². The molecule has 0 aliphatic rings. The van der Waals surface area contributed by atoms with Gasteiger partial charge in [0.15, 0.2) is 0 Å². The Bertz CT molecular complexity index is 810.